The van der Waals surface area contributed by atoms with Gasteiger partial charge in [-0.2, -0.15) is 0 Å². The smallest absolute Gasteiger partial charge is 0.158 e. The third-order valence-electron chi connectivity index (χ3n) is 1.70. The van der Waals surface area contributed by atoms with Gasteiger partial charge in [0.25, 0.3) is 0 Å². The van der Waals surface area contributed by atoms with Crippen LogP contribution in [0.1, 0.15) is 25.7 Å². The van der Waals surface area contributed by atoms with E-state index in [0.29, 0.717) is 5.76 Å². The molecule has 1 aliphatic carbocycles. The maximum absolute atomic E-state index is 10.9. The Bertz CT molecular complexity index is 145. The van der Waals surface area contributed by atoms with Crippen molar-refractivity contribution in [2.75, 3.05) is 0 Å². The molecule has 0 aromatic heterocycles. The summed E-state index contributed by atoms with van der Waals surface area (Å²) < 4.78 is 0. The molecular formula is C8H11O. The largest absolute Gasteiger partial charge is 0.295 e. The summed E-state index contributed by atoms with van der Waals surface area (Å²) in [4.78, 5) is 0. The summed E-state index contributed by atoms with van der Waals surface area (Å²) >= 11 is 0. The highest BCUT2D eigenvalue weighted by Crippen LogP contribution is 2.23. The average Bonchev–Trinajstić information content (AvgIpc) is 1.89. The molecule has 0 aromatic carbocycles. The summed E-state index contributed by atoms with van der Waals surface area (Å²) in [6.45, 7) is 3.58. The highest BCUT2D eigenvalue weighted by molar-refractivity contribution is 5.21. The lowest BCUT2D eigenvalue weighted by Gasteiger charge is -2.09. The van der Waals surface area contributed by atoms with Crippen LogP contribution in [0.3, 0.4) is 0 Å². The summed E-state index contributed by atoms with van der Waals surface area (Å²) in [6, 6.07) is 0. The minimum Gasteiger partial charge on any atom is -0.295 e. The Kier molecular flexibility index (Phi) is 1.93. The molecule has 0 N–H and O–H groups in total. The van der Waals surface area contributed by atoms with Crippen LogP contribution in [0.5, 0.6) is 0 Å². The number of hydrogen-bond donors (Lipinski definition) is 0. The molecule has 0 spiro atoms. The molecule has 49 valence electrons. The van der Waals surface area contributed by atoms with E-state index in [0.717, 1.165) is 31.3 Å². The van der Waals surface area contributed by atoms with Crippen LogP contribution in [-0.2, 0) is 5.11 Å². The van der Waals surface area contributed by atoms with Crippen LogP contribution in [0.15, 0.2) is 24.0 Å². The maximum Gasteiger partial charge on any atom is 0.158 e. The molecule has 1 heteroatoms. The Labute approximate surface area is 55.7 Å². The van der Waals surface area contributed by atoms with Gasteiger partial charge in [0, 0.05) is 6.42 Å². The number of rotatable bonds is 1. The highest BCUT2D eigenvalue weighted by Gasteiger charge is 2.09. The van der Waals surface area contributed by atoms with Crippen molar-refractivity contribution in [1.82, 2.24) is 0 Å². The standard InChI is InChI=1S/C8H11O/c1-2-7-5-3-4-6-8(7)9/h2H,1,3-6H2. The second kappa shape index (κ2) is 2.72. The van der Waals surface area contributed by atoms with E-state index in [4.69, 9.17) is 0 Å². The SMILES string of the molecule is C=CC1=C([O])CCCC1. The lowest BCUT2D eigenvalue weighted by atomic mass is 9.98. The summed E-state index contributed by atoms with van der Waals surface area (Å²) in [5.74, 6) is 0.302. The Morgan fingerprint density at radius 2 is 2.00 bits per heavy atom. The topological polar surface area (TPSA) is 19.9 Å². The fraction of sp³-hybridized carbons (Fsp3) is 0.500. The fourth-order valence-electron chi connectivity index (χ4n) is 1.12. The first-order chi connectivity index (χ1) is 4.34. The molecule has 0 saturated heterocycles. The first-order valence-electron chi connectivity index (χ1n) is 3.36. The number of allylic oxidation sites excluding steroid dienone is 3. The van der Waals surface area contributed by atoms with E-state index >= 15 is 0 Å². The van der Waals surface area contributed by atoms with Crippen molar-refractivity contribution < 1.29 is 5.11 Å². The molecule has 1 rings (SSSR count). The van der Waals surface area contributed by atoms with E-state index in [1.807, 2.05) is 0 Å². The second-order valence-electron chi connectivity index (χ2n) is 2.36. The van der Waals surface area contributed by atoms with Crippen LogP contribution in [0.4, 0.5) is 0 Å². The monoisotopic (exact) mass is 123 g/mol. The van der Waals surface area contributed by atoms with Gasteiger partial charge in [-0.25, -0.2) is 0 Å². The molecule has 0 bridgehead atoms. The van der Waals surface area contributed by atoms with Crippen molar-refractivity contribution in [3.63, 3.8) is 0 Å². The van der Waals surface area contributed by atoms with Crippen LogP contribution >= 0.6 is 0 Å². The van der Waals surface area contributed by atoms with Crippen molar-refractivity contribution >= 4 is 0 Å². The molecule has 0 atom stereocenters. The first kappa shape index (κ1) is 6.40. The lowest BCUT2D eigenvalue weighted by Crippen LogP contribution is -1.95. The molecule has 1 nitrogen and oxygen atoms in total. The first-order valence-corrected chi connectivity index (χ1v) is 3.36. The van der Waals surface area contributed by atoms with Crippen molar-refractivity contribution in [2.45, 2.75) is 25.7 Å². The molecule has 1 radical (unpaired) electrons. The summed E-state index contributed by atoms with van der Waals surface area (Å²) in [6.07, 6.45) is 5.61. The van der Waals surface area contributed by atoms with Crippen LogP contribution in [0.2, 0.25) is 0 Å². The minimum atomic E-state index is 0.302. The van der Waals surface area contributed by atoms with Gasteiger partial charge in [-0.3, -0.25) is 5.11 Å². The zero-order chi connectivity index (χ0) is 6.69. The van der Waals surface area contributed by atoms with Crippen molar-refractivity contribution in [1.29, 1.82) is 0 Å². The second-order valence-corrected chi connectivity index (χ2v) is 2.36. The van der Waals surface area contributed by atoms with Crippen molar-refractivity contribution in [2.24, 2.45) is 0 Å². The Hall–Kier alpha value is -0.720. The molecule has 0 heterocycles. The Morgan fingerprint density at radius 1 is 1.33 bits per heavy atom. The van der Waals surface area contributed by atoms with E-state index in [1.54, 1.807) is 6.08 Å². The molecule has 0 unspecified atom stereocenters. The van der Waals surface area contributed by atoms with Gasteiger partial charge in [0.2, 0.25) is 0 Å². The van der Waals surface area contributed by atoms with Gasteiger partial charge in [0.05, 0.1) is 0 Å². The van der Waals surface area contributed by atoms with E-state index in [9.17, 15) is 5.11 Å². The average molecular weight is 123 g/mol. The Morgan fingerprint density at radius 3 is 2.44 bits per heavy atom. The molecular weight excluding hydrogens is 112 g/mol. The summed E-state index contributed by atoms with van der Waals surface area (Å²) in [5, 5.41) is 10.9. The van der Waals surface area contributed by atoms with Gasteiger partial charge in [0.1, 0.15) is 0 Å². The highest BCUT2D eigenvalue weighted by atomic mass is 16.3. The predicted molar refractivity (Wildman–Crippen MR) is 36.4 cm³/mol. The fourth-order valence-corrected chi connectivity index (χ4v) is 1.12. The third-order valence-corrected chi connectivity index (χ3v) is 1.70. The van der Waals surface area contributed by atoms with Crippen LogP contribution in [0, 0.1) is 0 Å². The summed E-state index contributed by atoms with van der Waals surface area (Å²) in [7, 11) is 0. The molecule has 0 fully saturated rings. The van der Waals surface area contributed by atoms with Gasteiger partial charge in [-0.05, 0) is 24.8 Å². The molecule has 9 heavy (non-hydrogen) atoms. The van der Waals surface area contributed by atoms with Crippen molar-refractivity contribution in [3.8, 4) is 0 Å². The third kappa shape index (κ3) is 1.35. The molecule has 1 aliphatic rings. The van der Waals surface area contributed by atoms with Gasteiger partial charge >= 0.3 is 0 Å². The van der Waals surface area contributed by atoms with Crippen molar-refractivity contribution in [3.05, 3.63) is 24.0 Å². The van der Waals surface area contributed by atoms with Crippen LogP contribution < -0.4 is 0 Å². The number of hydrogen-bond acceptors (Lipinski definition) is 0. The Balaban J connectivity index is 2.70. The van der Waals surface area contributed by atoms with E-state index in [2.05, 4.69) is 6.58 Å². The zero-order valence-electron chi connectivity index (χ0n) is 5.52. The van der Waals surface area contributed by atoms with E-state index < -0.39 is 0 Å². The maximum atomic E-state index is 10.9. The zero-order valence-corrected chi connectivity index (χ0v) is 5.52. The molecule has 0 aliphatic heterocycles. The van der Waals surface area contributed by atoms with Gasteiger partial charge in [-0.1, -0.05) is 12.7 Å². The van der Waals surface area contributed by atoms with Gasteiger partial charge < -0.3 is 0 Å². The van der Waals surface area contributed by atoms with E-state index in [-0.39, 0.29) is 0 Å². The lowest BCUT2D eigenvalue weighted by molar-refractivity contribution is 0.264. The minimum absolute atomic E-state index is 0.302. The van der Waals surface area contributed by atoms with Gasteiger partial charge in [-0.15, -0.1) is 0 Å². The predicted octanol–water partition coefficient (Wildman–Crippen LogP) is 2.43. The molecule has 0 aromatic rings. The quantitative estimate of drug-likeness (QED) is 0.510. The van der Waals surface area contributed by atoms with Crippen LogP contribution in [0.25, 0.3) is 0 Å². The summed E-state index contributed by atoms with van der Waals surface area (Å²) in [5.41, 5.74) is 0.932. The van der Waals surface area contributed by atoms with E-state index in [1.165, 1.54) is 0 Å². The normalized spacial score (nSPS) is 20.0. The molecule has 0 amide bonds. The van der Waals surface area contributed by atoms with Crippen LogP contribution in [-0.4, -0.2) is 0 Å². The van der Waals surface area contributed by atoms with Gasteiger partial charge in [0.15, 0.2) is 5.76 Å². The molecule has 0 saturated carbocycles.